The Kier molecular flexibility index (Phi) is 4.73. The van der Waals surface area contributed by atoms with Crippen molar-refractivity contribution in [3.8, 4) is 0 Å². The third kappa shape index (κ3) is 3.42. The summed E-state index contributed by atoms with van der Waals surface area (Å²) >= 11 is 0. The Morgan fingerprint density at radius 2 is 1.81 bits per heavy atom. The summed E-state index contributed by atoms with van der Waals surface area (Å²) in [4.78, 5) is 40.4. The molecule has 3 aliphatic rings. The van der Waals surface area contributed by atoms with Gasteiger partial charge in [0.25, 0.3) is 5.91 Å². The van der Waals surface area contributed by atoms with Crippen LogP contribution in [0, 0.1) is 5.41 Å². The number of allylic oxidation sites excluding steroid dienone is 1. The highest BCUT2D eigenvalue weighted by atomic mass is 16.2. The maximum Gasteiger partial charge on any atom is 0.253 e. The van der Waals surface area contributed by atoms with E-state index in [1.54, 1.807) is 6.07 Å². The van der Waals surface area contributed by atoms with Crippen LogP contribution < -0.4 is 0 Å². The van der Waals surface area contributed by atoms with E-state index in [-0.39, 0.29) is 28.4 Å². The third-order valence-electron chi connectivity index (χ3n) is 7.16. The third-order valence-corrected chi connectivity index (χ3v) is 7.16. The van der Waals surface area contributed by atoms with E-state index < -0.39 is 0 Å². The minimum Gasteiger partial charge on any atom is -0.339 e. The molecule has 1 fully saturated rings. The predicted molar refractivity (Wildman–Crippen MR) is 122 cm³/mol. The molecular formula is C26H29N3O3. The minimum atomic E-state index is -0.227. The molecule has 32 heavy (non-hydrogen) atoms. The van der Waals surface area contributed by atoms with Crippen LogP contribution in [-0.4, -0.2) is 45.2 Å². The molecule has 1 spiro atoms. The lowest BCUT2D eigenvalue weighted by molar-refractivity contribution is 0.0515. The van der Waals surface area contributed by atoms with Gasteiger partial charge in [0.1, 0.15) is 5.69 Å². The second-order valence-electron chi connectivity index (χ2n) is 10.5. The first kappa shape index (κ1) is 20.9. The minimum absolute atomic E-state index is 0.0339. The van der Waals surface area contributed by atoms with Crippen molar-refractivity contribution in [2.45, 2.75) is 58.4 Å². The second kappa shape index (κ2) is 7.26. The lowest BCUT2D eigenvalue weighted by Crippen LogP contribution is -2.46. The van der Waals surface area contributed by atoms with Gasteiger partial charge >= 0.3 is 0 Å². The van der Waals surface area contributed by atoms with Gasteiger partial charge in [-0.1, -0.05) is 18.2 Å². The summed E-state index contributed by atoms with van der Waals surface area (Å²) in [6.07, 6.45) is 9.00. The molecule has 0 saturated carbocycles. The average molecular weight is 432 g/mol. The molecule has 1 aromatic heterocycles. The van der Waals surface area contributed by atoms with Crippen LogP contribution in [0.2, 0.25) is 0 Å². The summed E-state index contributed by atoms with van der Waals surface area (Å²) in [5, 5.41) is 4.52. The maximum absolute atomic E-state index is 13.2. The lowest BCUT2D eigenvalue weighted by atomic mass is 9.67. The largest absolute Gasteiger partial charge is 0.339 e. The molecule has 0 radical (unpaired) electrons. The van der Waals surface area contributed by atoms with Gasteiger partial charge in [-0.25, -0.2) is 0 Å². The number of piperidine rings is 1. The molecule has 2 aromatic rings. The number of fused-ring (bicyclic) bond motifs is 2. The van der Waals surface area contributed by atoms with Crippen molar-refractivity contribution < 1.29 is 14.4 Å². The Hall–Kier alpha value is -3.02. The first-order valence-corrected chi connectivity index (χ1v) is 11.4. The van der Waals surface area contributed by atoms with Crippen molar-refractivity contribution in [3.63, 3.8) is 0 Å². The molecule has 6 heteroatoms. The van der Waals surface area contributed by atoms with Crippen LogP contribution in [0.1, 0.15) is 88.8 Å². The number of ketones is 2. The van der Waals surface area contributed by atoms with Crippen molar-refractivity contribution in [1.82, 2.24) is 14.7 Å². The number of Topliss-reactive ketones (excluding diaryl/α,β-unsaturated/α-hetero) is 2. The number of carbonyl (C=O) groups excluding carboxylic acids is 3. The Bertz CT molecular complexity index is 1160. The van der Waals surface area contributed by atoms with E-state index in [2.05, 4.69) is 25.9 Å². The molecule has 5 rings (SSSR count). The Labute approximate surface area is 188 Å². The van der Waals surface area contributed by atoms with Crippen LogP contribution in [-0.2, 0) is 12.0 Å². The van der Waals surface area contributed by atoms with Crippen molar-refractivity contribution in [1.29, 1.82) is 0 Å². The van der Waals surface area contributed by atoms with Crippen molar-refractivity contribution in [3.05, 3.63) is 58.4 Å². The topological polar surface area (TPSA) is 72.3 Å². The van der Waals surface area contributed by atoms with E-state index in [0.717, 1.165) is 36.1 Å². The van der Waals surface area contributed by atoms with E-state index in [0.29, 0.717) is 37.1 Å². The van der Waals surface area contributed by atoms with Crippen LogP contribution >= 0.6 is 0 Å². The van der Waals surface area contributed by atoms with Crippen LogP contribution in [0.15, 0.2) is 30.5 Å². The number of hydrogen-bond acceptors (Lipinski definition) is 4. The highest BCUT2D eigenvalue weighted by Crippen LogP contribution is 2.44. The molecule has 1 aliphatic heterocycles. The smallest absolute Gasteiger partial charge is 0.253 e. The first-order chi connectivity index (χ1) is 15.2. The van der Waals surface area contributed by atoms with E-state index in [1.165, 1.54) is 0 Å². The van der Waals surface area contributed by atoms with Gasteiger partial charge in [-0.15, -0.1) is 0 Å². The van der Waals surface area contributed by atoms with Crippen LogP contribution in [0.3, 0.4) is 0 Å². The fourth-order valence-corrected chi connectivity index (χ4v) is 5.41. The molecule has 1 aromatic carbocycles. The van der Waals surface area contributed by atoms with Gasteiger partial charge in [-0.3, -0.25) is 19.1 Å². The number of nitrogens with zero attached hydrogens (tertiary/aromatic N) is 3. The number of likely N-dealkylation sites (tertiary alicyclic amines) is 1. The fraction of sp³-hybridized carbons (Fsp3) is 0.462. The number of amides is 1. The molecule has 0 N–H and O–H groups in total. The molecule has 1 saturated heterocycles. The van der Waals surface area contributed by atoms with Gasteiger partial charge in [-0.05, 0) is 63.1 Å². The van der Waals surface area contributed by atoms with E-state index in [1.807, 2.05) is 40.1 Å². The normalized spacial score (nSPS) is 19.8. The molecule has 1 amide bonds. The summed E-state index contributed by atoms with van der Waals surface area (Å²) < 4.78 is 1.86. The molecule has 0 unspecified atom stereocenters. The monoisotopic (exact) mass is 431 g/mol. The zero-order valence-electron chi connectivity index (χ0n) is 19.0. The van der Waals surface area contributed by atoms with E-state index in [9.17, 15) is 14.4 Å². The number of rotatable bonds is 1. The van der Waals surface area contributed by atoms with Crippen molar-refractivity contribution >= 4 is 23.5 Å². The molecule has 0 bridgehead atoms. The number of carbonyl (C=O) groups is 3. The summed E-state index contributed by atoms with van der Waals surface area (Å²) in [7, 11) is 0. The van der Waals surface area contributed by atoms with Crippen LogP contribution in [0.4, 0.5) is 0 Å². The number of aromatic nitrogens is 2. The summed E-state index contributed by atoms with van der Waals surface area (Å²) in [5.74, 6) is 0.190. The van der Waals surface area contributed by atoms with Crippen molar-refractivity contribution in [2.24, 2.45) is 5.41 Å². The molecule has 2 heterocycles. The van der Waals surface area contributed by atoms with Gasteiger partial charge in [0.15, 0.2) is 11.6 Å². The zero-order valence-corrected chi connectivity index (χ0v) is 19.0. The van der Waals surface area contributed by atoms with Crippen molar-refractivity contribution in [2.75, 3.05) is 13.1 Å². The van der Waals surface area contributed by atoms with Gasteiger partial charge in [0.05, 0.1) is 11.7 Å². The standard InChI is InChI=1S/C26H29N3O3/c1-25(2,3)29-23-19(16-27-29)14-26(15-22(23)31)9-11-28(12-10-26)24(32)18-8-7-17-5-4-6-21(30)20(17)13-18/h4-5,7-8,13,16H,6,9-12,14-15H2,1-3H3. The Morgan fingerprint density at radius 3 is 2.53 bits per heavy atom. The van der Waals surface area contributed by atoms with E-state index in [4.69, 9.17) is 0 Å². The van der Waals surface area contributed by atoms with Crippen LogP contribution in [0.25, 0.3) is 6.08 Å². The van der Waals surface area contributed by atoms with Crippen LogP contribution in [0.5, 0.6) is 0 Å². The SMILES string of the molecule is CC(C)(C)n1ncc2c1C(=O)CC1(CCN(C(=O)c3ccc4c(c3)C(=O)CC=C4)CC1)C2. The molecule has 166 valence electrons. The summed E-state index contributed by atoms with van der Waals surface area (Å²) in [6, 6.07) is 5.41. The Morgan fingerprint density at radius 1 is 1.06 bits per heavy atom. The quantitative estimate of drug-likeness (QED) is 0.675. The van der Waals surface area contributed by atoms with Gasteiger partial charge in [0.2, 0.25) is 0 Å². The van der Waals surface area contributed by atoms with Gasteiger partial charge in [0, 0.05) is 42.6 Å². The lowest BCUT2D eigenvalue weighted by Gasteiger charge is -2.43. The second-order valence-corrected chi connectivity index (χ2v) is 10.5. The Balaban J connectivity index is 1.31. The molecule has 0 atom stereocenters. The number of benzene rings is 1. The molecular weight excluding hydrogens is 402 g/mol. The maximum atomic E-state index is 13.2. The van der Waals surface area contributed by atoms with Gasteiger partial charge in [-0.2, -0.15) is 5.10 Å². The van der Waals surface area contributed by atoms with Gasteiger partial charge < -0.3 is 4.90 Å². The molecule has 2 aliphatic carbocycles. The highest BCUT2D eigenvalue weighted by Gasteiger charge is 2.44. The first-order valence-electron chi connectivity index (χ1n) is 11.4. The summed E-state index contributed by atoms with van der Waals surface area (Å²) in [6.45, 7) is 7.44. The zero-order chi connectivity index (χ0) is 22.7. The predicted octanol–water partition coefficient (Wildman–Crippen LogP) is 4.29. The summed E-state index contributed by atoms with van der Waals surface area (Å²) in [5.41, 5.74) is 3.55. The molecule has 6 nitrogen and oxygen atoms in total. The number of hydrogen-bond donors (Lipinski definition) is 0. The highest BCUT2D eigenvalue weighted by molar-refractivity contribution is 6.05. The average Bonchev–Trinajstić information content (AvgIpc) is 3.19. The fourth-order valence-electron chi connectivity index (χ4n) is 5.41. The van der Waals surface area contributed by atoms with E-state index >= 15 is 0 Å².